The zero-order valence-electron chi connectivity index (χ0n) is 20.7. The molecule has 4 rings (SSSR count). The molecule has 0 fully saturated rings. The van der Waals surface area contributed by atoms with Gasteiger partial charge >= 0.3 is 0 Å². The van der Waals surface area contributed by atoms with Crippen LogP contribution in [0.3, 0.4) is 0 Å². The highest BCUT2D eigenvalue weighted by atomic mass is 35.5. The number of amides is 1. The Morgan fingerprint density at radius 2 is 1.70 bits per heavy atom. The van der Waals surface area contributed by atoms with Gasteiger partial charge in [-0.2, -0.15) is 0 Å². The van der Waals surface area contributed by atoms with Crippen molar-refractivity contribution < 1.29 is 13.2 Å². The van der Waals surface area contributed by atoms with Crippen LogP contribution in [0.2, 0.25) is 5.02 Å². The van der Waals surface area contributed by atoms with Crippen LogP contribution in [-0.2, 0) is 21.2 Å². The number of rotatable bonds is 10. The summed E-state index contributed by atoms with van der Waals surface area (Å²) in [6.45, 7) is 3.14. The molecule has 1 amide bonds. The van der Waals surface area contributed by atoms with Gasteiger partial charge in [0.1, 0.15) is 0 Å². The Morgan fingerprint density at radius 3 is 2.43 bits per heavy atom. The van der Waals surface area contributed by atoms with Crippen LogP contribution >= 0.6 is 11.6 Å². The lowest BCUT2D eigenvalue weighted by atomic mass is 10.1. The number of hydrogen-bond donors (Lipinski definition) is 2. The molecule has 0 aliphatic rings. The summed E-state index contributed by atoms with van der Waals surface area (Å²) in [5.41, 5.74) is 4.14. The van der Waals surface area contributed by atoms with E-state index in [9.17, 15) is 13.2 Å². The Hall–Kier alpha value is -3.62. The van der Waals surface area contributed by atoms with Crippen LogP contribution < -0.4 is 14.9 Å². The molecule has 1 aromatic heterocycles. The van der Waals surface area contributed by atoms with E-state index >= 15 is 0 Å². The lowest BCUT2D eigenvalue weighted by molar-refractivity contribution is -0.120. The van der Waals surface area contributed by atoms with Gasteiger partial charge in [0.25, 0.3) is 10.0 Å². The van der Waals surface area contributed by atoms with Crippen LogP contribution in [0.25, 0.3) is 10.9 Å². The normalized spacial score (nSPS) is 11.3. The summed E-state index contributed by atoms with van der Waals surface area (Å²) in [6, 6.07) is 21.3. The first-order valence-electron chi connectivity index (χ1n) is 11.9. The number of halogens is 1. The van der Waals surface area contributed by atoms with E-state index in [4.69, 9.17) is 11.6 Å². The number of carbonyl (C=O) groups is 1. The lowest BCUT2D eigenvalue weighted by Crippen LogP contribution is -2.27. The first-order chi connectivity index (χ1) is 17.7. The van der Waals surface area contributed by atoms with E-state index in [0.29, 0.717) is 23.8 Å². The quantitative estimate of drug-likeness (QED) is 0.272. The fourth-order valence-corrected chi connectivity index (χ4v) is 5.26. The minimum atomic E-state index is -3.66. The second kappa shape index (κ2) is 11.6. The molecule has 0 aliphatic heterocycles. The number of carbonyl (C=O) groups excluding carboxylic acids is 1. The van der Waals surface area contributed by atoms with Gasteiger partial charge in [-0.25, -0.2) is 8.42 Å². The third-order valence-corrected chi connectivity index (χ3v) is 8.07. The van der Waals surface area contributed by atoms with Crippen molar-refractivity contribution in [3.63, 3.8) is 0 Å². The van der Waals surface area contributed by atoms with Crippen molar-refractivity contribution in [2.45, 2.75) is 24.7 Å². The minimum Gasteiger partial charge on any atom is -0.384 e. The second-order valence-corrected chi connectivity index (χ2v) is 11.2. The zero-order chi connectivity index (χ0) is 26.4. The van der Waals surface area contributed by atoms with E-state index in [1.165, 1.54) is 11.4 Å². The molecule has 0 bridgehead atoms. The third kappa shape index (κ3) is 6.58. The summed E-state index contributed by atoms with van der Waals surface area (Å²) in [7, 11) is -2.14. The molecule has 37 heavy (non-hydrogen) atoms. The molecular formula is C28H29ClN4O3S. The first kappa shape index (κ1) is 26.4. The van der Waals surface area contributed by atoms with Gasteiger partial charge < -0.3 is 10.6 Å². The molecule has 0 atom stereocenters. The molecule has 3 aromatic carbocycles. The van der Waals surface area contributed by atoms with E-state index in [1.807, 2.05) is 31.2 Å². The molecule has 0 unspecified atom stereocenters. The summed E-state index contributed by atoms with van der Waals surface area (Å²) < 4.78 is 27.0. The monoisotopic (exact) mass is 536 g/mol. The number of nitrogens with one attached hydrogen (secondary N) is 2. The van der Waals surface area contributed by atoms with E-state index < -0.39 is 10.0 Å². The number of pyridine rings is 1. The van der Waals surface area contributed by atoms with Gasteiger partial charge in [-0.3, -0.25) is 14.1 Å². The van der Waals surface area contributed by atoms with Crippen LogP contribution in [0.1, 0.15) is 17.5 Å². The van der Waals surface area contributed by atoms with E-state index in [0.717, 1.165) is 34.1 Å². The Labute approximate surface area is 222 Å². The van der Waals surface area contributed by atoms with Crippen molar-refractivity contribution in [1.82, 2.24) is 10.3 Å². The Balaban J connectivity index is 1.24. The molecule has 7 nitrogen and oxygen atoms in total. The van der Waals surface area contributed by atoms with Gasteiger partial charge in [-0.15, -0.1) is 0 Å². The van der Waals surface area contributed by atoms with Crippen LogP contribution in [0.4, 0.5) is 11.4 Å². The molecule has 2 N–H and O–H groups in total. The smallest absolute Gasteiger partial charge is 0.264 e. The first-order valence-corrected chi connectivity index (χ1v) is 13.8. The number of aryl methyl sites for hydroxylation is 1. The van der Waals surface area contributed by atoms with Crippen molar-refractivity contribution >= 4 is 49.8 Å². The van der Waals surface area contributed by atoms with Crippen molar-refractivity contribution in [2.75, 3.05) is 29.8 Å². The molecule has 192 valence electrons. The van der Waals surface area contributed by atoms with E-state index in [1.54, 1.807) is 54.7 Å². The molecule has 9 heteroatoms. The van der Waals surface area contributed by atoms with E-state index in [2.05, 4.69) is 15.6 Å². The number of nitrogens with zero attached hydrogens (tertiary/aromatic N) is 2. The molecule has 0 radical (unpaired) electrons. The fourth-order valence-electron chi connectivity index (χ4n) is 3.89. The summed E-state index contributed by atoms with van der Waals surface area (Å²) in [6.07, 6.45) is 2.71. The standard InChI is InChI=1S/C28H29ClN4O3S/c1-20-4-11-24(12-5-20)37(35,36)33(2)23-9-6-21(7-10-23)18-28(34)32-16-3-15-30-26-14-17-31-27-19-22(29)8-13-25(26)27/h4-14,17,19H,3,15-16,18H2,1-2H3,(H,30,31)(H,32,34). The van der Waals surface area contributed by atoms with Crippen molar-refractivity contribution in [1.29, 1.82) is 0 Å². The predicted molar refractivity (Wildman–Crippen MR) is 150 cm³/mol. The van der Waals surface area contributed by atoms with Gasteiger partial charge in [0, 0.05) is 42.4 Å². The fraction of sp³-hybridized carbons (Fsp3) is 0.214. The van der Waals surface area contributed by atoms with Crippen molar-refractivity contribution in [3.8, 4) is 0 Å². The average Bonchev–Trinajstić information content (AvgIpc) is 2.88. The number of aromatic nitrogens is 1. The number of anilines is 2. The van der Waals surface area contributed by atoms with Gasteiger partial charge in [-0.1, -0.05) is 41.4 Å². The predicted octanol–water partition coefficient (Wildman–Crippen LogP) is 5.18. The van der Waals surface area contributed by atoms with E-state index in [-0.39, 0.29) is 17.2 Å². The maximum absolute atomic E-state index is 12.9. The summed E-state index contributed by atoms with van der Waals surface area (Å²) in [4.78, 5) is 17.0. The lowest BCUT2D eigenvalue weighted by Gasteiger charge is -2.20. The van der Waals surface area contributed by atoms with Crippen molar-refractivity contribution in [2.24, 2.45) is 0 Å². The Kier molecular flexibility index (Phi) is 8.31. The van der Waals surface area contributed by atoms with Crippen LogP contribution in [0.5, 0.6) is 0 Å². The molecule has 4 aromatic rings. The maximum atomic E-state index is 12.9. The molecule has 0 aliphatic carbocycles. The number of fused-ring (bicyclic) bond motifs is 1. The van der Waals surface area contributed by atoms with Crippen LogP contribution in [0, 0.1) is 6.92 Å². The van der Waals surface area contributed by atoms with Gasteiger partial charge in [0.05, 0.1) is 22.5 Å². The molecular weight excluding hydrogens is 508 g/mol. The second-order valence-electron chi connectivity index (χ2n) is 8.78. The van der Waals surface area contributed by atoms with Gasteiger partial charge in [-0.05, 0) is 67.4 Å². The molecule has 1 heterocycles. The minimum absolute atomic E-state index is 0.0858. The van der Waals surface area contributed by atoms with Crippen LogP contribution in [0.15, 0.2) is 83.9 Å². The maximum Gasteiger partial charge on any atom is 0.264 e. The summed E-state index contributed by atoms with van der Waals surface area (Å²) in [5.74, 6) is -0.0858. The Morgan fingerprint density at radius 1 is 0.973 bits per heavy atom. The van der Waals surface area contributed by atoms with Gasteiger partial charge in [0.2, 0.25) is 5.91 Å². The Bertz CT molecular complexity index is 1490. The largest absolute Gasteiger partial charge is 0.384 e. The molecule has 0 saturated heterocycles. The van der Waals surface area contributed by atoms with Gasteiger partial charge in [0.15, 0.2) is 0 Å². The average molecular weight is 537 g/mol. The summed E-state index contributed by atoms with van der Waals surface area (Å²) in [5, 5.41) is 7.96. The number of sulfonamides is 1. The zero-order valence-corrected chi connectivity index (χ0v) is 22.3. The molecule has 0 spiro atoms. The van der Waals surface area contributed by atoms with Crippen molar-refractivity contribution in [3.05, 3.63) is 95.1 Å². The highest BCUT2D eigenvalue weighted by Gasteiger charge is 2.21. The number of hydrogen-bond acceptors (Lipinski definition) is 5. The van der Waals surface area contributed by atoms with Crippen LogP contribution in [-0.4, -0.2) is 39.4 Å². The highest BCUT2D eigenvalue weighted by Crippen LogP contribution is 2.25. The number of benzene rings is 3. The SMILES string of the molecule is Cc1ccc(S(=O)(=O)N(C)c2ccc(CC(=O)NCCCNc3ccnc4cc(Cl)ccc34)cc2)cc1. The summed E-state index contributed by atoms with van der Waals surface area (Å²) >= 11 is 6.04. The third-order valence-electron chi connectivity index (χ3n) is 6.04. The molecule has 0 saturated carbocycles. The highest BCUT2D eigenvalue weighted by molar-refractivity contribution is 7.92. The topological polar surface area (TPSA) is 91.4 Å².